The Hall–Kier alpha value is -2.29. The average molecular weight is 399 g/mol. The van der Waals surface area contributed by atoms with Crippen LogP contribution in [-0.4, -0.2) is 20.6 Å². The van der Waals surface area contributed by atoms with Gasteiger partial charge in [-0.15, -0.1) is 0 Å². The lowest BCUT2D eigenvalue weighted by Crippen LogP contribution is -2.25. The normalized spacial score (nSPS) is 12.0. The van der Waals surface area contributed by atoms with Crippen LogP contribution in [0.1, 0.15) is 18.3 Å². The van der Waals surface area contributed by atoms with Crippen molar-refractivity contribution < 1.29 is 14.1 Å². The van der Waals surface area contributed by atoms with Gasteiger partial charge in [0.05, 0.1) is 27.6 Å². The molecule has 0 aliphatic rings. The Bertz CT molecular complexity index is 806. The first-order valence-corrected chi connectivity index (χ1v) is 7.94. The maximum Gasteiger partial charge on any atom is 0.306 e. The van der Waals surface area contributed by atoms with Crippen LogP contribution in [0, 0.1) is 35.7 Å². The number of nitro benzene ring substituents is 1. The molecule has 1 atom stereocenters. The number of amides is 1. The lowest BCUT2D eigenvalue weighted by molar-refractivity contribution is -0.387. The highest BCUT2D eigenvalue weighted by atomic mass is 79.9. The maximum absolute atomic E-state index is 13.3. The number of hydrogen-bond acceptors (Lipinski definition) is 4. The van der Waals surface area contributed by atoms with Crippen molar-refractivity contribution in [3.8, 4) is 0 Å². The quantitative estimate of drug-likeness (QED) is 0.615. The van der Waals surface area contributed by atoms with Crippen molar-refractivity contribution in [3.05, 3.63) is 50.0 Å². The molecule has 24 heavy (non-hydrogen) atoms. The zero-order valence-electron chi connectivity index (χ0n) is 13.3. The summed E-state index contributed by atoms with van der Waals surface area (Å²) in [6, 6.07) is 3.24. The van der Waals surface area contributed by atoms with Gasteiger partial charge in [-0.2, -0.15) is 9.49 Å². The minimum absolute atomic E-state index is 0.175. The molecule has 1 aromatic heterocycles. The summed E-state index contributed by atoms with van der Waals surface area (Å²) in [4.78, 5) is 22.2. The molecule has 128 valence electrons. The van der Waals surface area contributed by atoms with Gasteiger partial charge in [0, 0.05) is 17.4 Å². The molecule has 2 rings (SSSR count). The van der Waals surface area contributed by atoms with Crippen LogP contribution in [0.2, 0.25) is 0 Å². The van der Waals surface area contributed by atoms with Crippen molar-refractivity contribution in [2.24, 2.45) is 5.92 Å². The zero-order valence-corrected chi connectivity index (χ0v) is 14.9. The van der Waals surface area contributed by atoms with E-state index in [4.69, 9.17) is 0 Å². The third-order valence-corrected chi connectivity index (χ3v) is 4.75. The molecular formula is C15H16BrFN4O3. The first-order valence-electron chi connectivity index (χ1n) is 7.15. The fourth-order valence-corrected chi connectivity index (χ4v) is 2.47. The van der Waals surface area contributed by atoms with Crippen LogP contribution in [-0.2, 0) is 11.3 Å². The molecule has 0 spiro atoms. The largest absolute Gasteiger partial charge is 0.326 e. The molecule has 1 aromatic carbocycles. The summed E-state index contributed by atoms with van der Waals surface area (Å²) in [5.74, 6) is -1.71. The molecule has 0 aliphatic carbocycles. The van der Waals surface area contributed by atoms with E-state index in [0.717, 1.165) is 28.0 Å². The van der Waals surface area contributed by atoms with Crippen molar-refractivity contribution in [3.63, 3.8) is 0 Å². The Kier molecular flexibility index (Phi) is 5.33. The van der Waals surface area contributed by atoms with Crippen LogP contribution in [0.15, 0.2) is 22.7 Å². The predicted molar refractivity (Wildman–Crippen MR) is 90.2 cm³/mol. The lowest BCUT2D eigenvalue weighted by Gasteiger charge is -2.13. The van der Waals surface area contributed by atoms with Crippen molar-refractivity contribution >= 4 is 33.2 Å². The van der Waals surface area contributed by atoms with E-state index in [2.05, 4.69) is 26.3 Å². The number of nitrogens with one attached hydrogen (secondary N) is 1. The molecule has 7 nitrogen and oxygen atoms in total. The van der Waals surface area contributed by atoms with Gasteiger partial charge in [0.25, 0.3) is 0 Å². The third kappa shape index (κ3) is 3.78. The lowest BCUT2D eigenvalue weighted by atomic mass is 10.1. The predicted octanol–water partition coefficient (Wildman–Crippen LogP) is 3.58. The smallest absolute Gasteiger partial charge is 0.306 e. The van der Waals surface area contributed by atoms with Gasteiger partial charge in [-0.3, -0.25) is 19.6 Å². The summed E-state index contributed by atoms with van der Waals surface area (Å²) in [6.07, 6.45) is 0. The number of benzene rings is 1. The van der Waals surface area contributed by atoms with Gasteiger partial charge in [0.1, 0.15) is 0 Å². The highest BCUT2D eigenvalue weighted by molar-refractivity contribution is 9.10. The van der Waals surface area contributed by atoms with E-state index in [0.29, 0.717) is 6.54 Å². The second-order valence-corrected chi connectivity index (χ2v) is 6.27. The third-order valence-electron chi connectivity index (χ3n) is 3.60. The van der Waals surface area contributed by atoms with Crippen molar-refractivity contribution in [2.45, 2.75) is 27.3 Å². The Morgan fingerprint density at radius 1 is 1.50 bits per heavy atom. The van der Waals surface area contributed by atoms with E-state index in [9.17, 15) is 19.3 Å². The minimum atomic E-state index is -0.946. The maximum atomic E-state index is 13.3. The van der Waals surface area contributed by atoms with Crippen molar-refractivity contribution in [1.29, 1.82) is 0 Å². The van der Waals surface area contributed by atoms with E-state index in [1.54, 1.807) is 11.6 Å². The van der Waals surface area contributed by atoms with Crippen LogP contribution < -0.4 is 5.32 Å². The molecule has 9 heteroatoms. The summed E-state index contributed by atoms with van der Waals surface area (Å²) in [5, 5.41) is 17.6. The molecule has 0 aliphatic heterocycles. The van der Waals surface area contributed by atoms with Crippen LogP contribution in [0.3, 0.4) is 0 Å². The molecule has 1 amide bonds. The number of nitrogens with zero attached hydrogens (tertiary/aromatic N) is 3. The van der Waals surface area contributed by atoms with Gasteiger partial charge in [-0.05, 0) is 41.9 Å². The van der Waals surface area contributed by atoms with Gasteiger partial charge < -0.3 is 5.32 Å². The molecule has 0 saturated heterocycles. The SMILES string of the molecule is Cc1nn(C[C@@H](C)C(=O)Nc2ccc(F)c([N+](=O)[O-])c2)c(C)c1Br. The number of aryl methyl sites for hydroxylation is 1. The van der Waals surface area contributed by atoms with E-state index in [-0.39, 0.29) is 11.6 Å². The monoisotopic (exact) mass is 398 g/mol. The molecule has 1 N–H and O–H groups in total. The number of carbonyl (C=O) groups excluding carboxylic acids is 1. The van der Waals surface area contributed by atoms with Crippen molar-refractivity contribution in [1.82, 2.24) is 9.78 Å². The summed E-state index contributed by atoms with van der Waals surface area (Å²) in [5.41, 5.74) is 1.23. The van der Waals surface area contributed by atoms with Gasteiger partial charge >= 0.3 is 5.69 Å². The highest BCUT2D eigenvalue weighted by Crippen LogP contribution is 2.23. The topological polar surface area (TPSA) is 90.1 Å². The molecule has 0 bridgehead atoms. The zero-order chi connectivity index (χ0) is 18.0. The van der Waals surface area contributed by atoms with Crippen LogP contribution in [0.4, 0.5) is 15.8 Å². The Morgan fingerprint density at radius 3 is 2.71 bits per heavy atom. The van der Waals surface area contributed by atoms with Crippen LogP contribution in [0.25, 0.3) is 0 Å². The van der Waals surface area contributed by atoms with Gasteiger partial charge in [-0.25, -0.2) is 0 Å². The van der Waals surface area contributed by atoms with E-state index >= 15 is 0 Å². The van der Waals surface area contributed by atoms with E-state index in [1.165, 1.54) is 6.07 Å². The van der Waals surface area contributed by atoms with E-state index in [1.807, 2.05) is 13.8 Å². The first-order chi connectivity index (χ1) is 11.2. The number of anilines is 1. The number of aromatic nitrogens is 2. The number of rotatable bonds is 5. The van der Waals surface area contributed by atoms with Gasteiger partial charge in [0.15, 0.2) is 0 Å². The number of nitro groups is 1. The molecule has 0 unspecified atom stereocenters. The molecule has 0 saturated carbocycles. The minimum Gasteiger partial charge on any atom is -0.326 e. The van der Waals surface area contributed by atoms with E-state index < -0.39 is 22.3 Å². The van der Waals surface area contributed by atoms with Gasteiger partial charge in [-0.1, -0.05) is 6.92 Å². The molecule has 0 fully saturated rings. The van der Waals surface area contributed by atoms with Crippen molar-refractivity contribution in [2.75, 3.05) is 5.32 Å². The molecule has 0 radical (unpaired) electrons. The average Bonchev–Trinajstić information content (AvgIpc) is 2.76. The summed E-state index contributed by atoms with van der Waals surface area (Å²) >= 11 is 3.43. The molecule has 1 heterocycles. The Labute approximate surface area is 146 Å². The van der Waals surface area contributed by atoms with Gasteiger partial charge in [0.2, 0.25) is 11.7 Å². The first kappa shape index (κ1) is 18.1. The molecular weight excluding hydrogens is 383 g/mol. The van der Waals surface area contributed by atoms with Crippen LogP contribution >= 0.6 is 15.9 Å². The number of hydrogen-bond donors (Lipinski definition) is 1. The second-order valence-electron chi connectivity index (χ2n) is 5.48. The fourth-order valence-electron chi connectivity index (χ4n) is 2.19. The van der Waals surface area contributed by atoms with Crippen LogP contribution in [0.5, 0.6) is 0 Å². The standard InChI is InChI=1S/C15H16BrFN4O3/c1-8(7-20-10(3)14(16)9(2)19-20)15(22)18-11-4-5-12(17)13(6-11)21(23)24/h4-6,8H,7H2,1-3H3,(H,18,22)/t8-/m1/s1. The Morgan fingerprint density at radius 2 is 2.17 bits per heavy atom. The summed E-state index contributed by atoms with van der Waals surface area (Å²) in [6.45, 7) is 5.82. The molecule has 2 aromatic rings. The number of carbonyl (C=O) groups is 1. The Balaban J connectivity index is 2.10. The summed E-state index contributed by atoms with van der Waals surface area (Å²) < 4.78 is 15.9. The highest BCUT2D eigenvalue weighted by Gasteiger charge is 2.19. The fraction of sp³-hybridized carbons (Fsp3) is 0.333. The number of halogens is 2. The summed E-state index contributed by atoms with van der Waals surface area (Å²) in [7, 11) is 0. The second kappa shape index (κ2) is 7.08.